The van der Waals surface area contributed by atoms with Gasteiger partial charge in [-0.2, -0.15) is 8.78 Å². The van der Waals surface area contributed by atoms with Gasteiger partial charge in [-0.05, 0) is 23.8 Å². The molecule has 0 aliphatic carbocycles. The first kappa shape index (κ1) is 22.3. The minimum atomic E-state index is -2.99. The molecule has 0 saturated carbocycles. The lowest BCUT2D eigenvalue weighted by Gasteiger charge is -2.15. The number of nitrogens with zero attached hydrogens (tertiary/aromatic N) is 1. The van der Waals surface area contributed by atoms with E-state index in [2.05, 4.69) is 20.4 Å². The summed E-state index contributed by atoms with van der Waals surface area (Å²) in [6, 6.07) is 9.62. The van der Waals surface area contributed by atoms with Gasteiger partial charge in [0.1, 0.15) is 18.1 Å². The number of hydrogen-bond donors (Lipinski definition) is 2. The Labute approximate surface area is 176 Å². The monoisotopic (exact) mass is 443 g/mol. The van der Waals surface area contributed by atoms with E-state index in [0.717, 1.165) is 5.56 Å². The van der Waals surface area contributed by atoms with Crippen LogP contribution in [0.15, 0.2) is 41.4 Å². The van der Waals surface area contributed by atoms with Gasteiger partial charge in [-0.15, -0.1) is 0 Å². The molecule has 7 nitrogen and oxygen atoms in total. The predicted molar refractivity (Wildman–Crippen MR) is 104 cm³/mol. The molecular weight excluding hydrogens is 422 g/mol. The molecule has 0 fully saturated rings. The molecule has 0 atom stereocenters. The molecular formula is C20H21F4N3O4. The maximum absolute atomic E-state index is 12.8. The Bertz CT molecular complexity index is 912. The number of alkyl halides is 4. The summed E-state index contributed by atoms with van der Waals surface area (Å²) in [5, 5.41) is 6.05. The molecule has 11 heteroatoms. The molecule has 0 bridgehead atoms. The lowest BCUT2D eigenvalue weighted by atomic mass is 10.1. The predicted octanol–water partition coefficient (Wildman–Crippen LogP) is 3.53. The van der Waals surface area contributed by atoms with E-state index >= 15 is 0 Å². The Balaban J connectivity index is 1.59. The van der Waals surface area contributed by atoms with E-state index < -0.39 is 19.6 Å². The van der Waals surface area contributed by atoms with Crippen LogP contribution in [0.3, 0.4) is 0 Å². The highest BCUT2D eigenvalue weighted by atomic mass is 19.3. The van der Waals surface area contributed by atoms with Crippen molar-refractivity contribution in [2.45, 2.75) is 26.1 Å². The second-order valence-corrected chi connectivity index (χ2v) is 6.32. The third-order valence-electron chi connectivity index (χ3n) is 4.18. The van der Waals surface area contributed by atoms with Gasteiger partial charge >= 0.3 is 6.61 Å². The smallest absolute Gasteiger partial charge is 0.387 e. The fourth-order valence-corrected chi connectivity index (χ4v) is 2.80. The second kappa shape index (κ2) is 10.6. The van der Waals surface area contributed by atoms with Gasteiger partial charge in [-0.1, -0.05) is 12.1 Å². The van der Waals surface area contributed by atoms with E-state index in [-0.39, 0.29) is 19.1 Å². The van der Waals surface area contributed by atoms with E-state index in [1.165, 1.54) is 6.07 Å². The fourth-order valence-electron chi connectivity index (χ4n) is 2.80. The van der Waals surface area contributed by atoms with Crippen molar-refractivity contribution in [1.29, 1.82) is 0 Å². The normalized spacial score (nSPS) is 12.9. The first-order valence-electron chi connectivity index (χ1n) is 9.26. The quantitative estimate of drug-likeness (QED) is 0.351. The maximum Gasteiger partial charge on any atom is 0.387 e. The lowest BCUT2D eigenvalue weighted by molar-refractivity contribution is -0.0505. The van der Waals surface area contributed by atoms with Crippen LogP contribution in [0, 0.1) is 0 Å². The Kier molecular flexibility index (Phi) is 7.63. The van der Waals surface area contributed by atoms with Gasteiger partial charge in [0.05, 0.1) is 0 Å². The van der Waals surface area contributed by atoms with Crippen LogP contribution in [-0.4, -0.2) is 39.4 Å². The zero-order valence-electron chi connectivity index (χ0n) is 16.5. The van der Waals surface area contributed by atoms with E-state index in [4.69, 9.17) is 14.2 Å². The summed E-state index contributed by atoms with van der Waals surface area (Å²) in [6.45, 7) is -3.22. The van der Waals surface area contributed by atoms with Crippen LogP contribution in [0.2, 0.25) is 0 Å². The van der Waals surface area contributed by atoms with Crippen molar-refractivity contribution in [2.75, 3.05) is 20.4 Å². The van der Waals surface area contributed by atoms with E-state index in [1.54, 1.807) is 37.4 Å². The summed E-state index contributed by atoms with van der Waals surface area (Å²) < 4.78 is 70.2. The van der Waals surface area contributed by atoms with Crippen molar-refractivity contribution in [3.05, 3.63) is 47.5 Å². The summed E-state index contributed by atoms with van der Waals surface area (Å²) in [5.74, 6) is 1.44. The number of halogens is 4. The minimum Gasteiger partial charge on any atom is -0.488 e. The number of hydrogen-bond acceptors (Lipinski definition) is 5. The molecule has 0 unspecified atom stereocenters. The van der Waals surface area contributed by atoms with E-state index in [9.17, 15) is 17.6 Å². The first-order chi connectivity index (χ1) is 14.9. The van der Waals surface area contributed by atoms with Crippen LogP contribution >= 0.6 is 0 Å². The van der Waals surface area contributed by atoms with Gasteiger partial charge in [0.15, 0.2) is 17.5 Å². The molecule has 1 aliphatic heterocycles. The minimum absolute atomic E-state index is 0.00362. The van der Waals surface area contributed by atoms with Crippen molar-refractivity contribution in [3.63, 3.8) is 0 Å². The Hall–Kier alpha value is -3.37. The van der Waals surface area contributed by atoms with E-state index in [1.807, 2.05) is 0 Å². The molecule has 0 aromatic heterocycles. The third kappa shape index (κ3) is 6.56. The average Bonchev–Trinajstić information content (AvgIpc) is 3.19. The SMILES string of the molecule is CN=C(NCc1cccc(OCC(F)F)c1)NCc1cc2c(cc1OC(F)F)OCO2. The zero-order chi connectivity index (χ0) is 22.2. The highest BCUT2D eigenvalue weighted by Crippen LogP contribution is 2.38. The molecule has 0 amide bonds. The lowest BCUT2D eigenvalue weighted by Crippen LogP contribution is -2.36. The Morgan fingerprint density at radius 2 is 1.81 bits per heavy atom. The van der Waals surface area contributed by atoms with Crippen LogP contribution in [0.25, 0.3) is 0 Å². The van der Waals surface area contributed by atoms with Crippen molar-refractivity contribution in [3.8, 4) is 23.0 Å². The third-order valence-corrected chi connectivity index (χ3v) is 4.18. The van der Waals surface area contributed by atoms with Gasteiger partial charge in [0, 0.05) is 31.8 Å². The number of nitrogens with one attached hydrogen (secondary N) is 2. The van der Waals surface area contributed by atoms with Crippen molar-refractivity contribution in [1.82, 2.24) is 10.6 Å². The maximum atomic E-state index is 12.8. The van der Waals surface area contributed by atoms with Gasteiger partial charge in [-0.25, -0.2) is 8.78 Å². The van der Waals surface area contributed by atoms with Crippen LogP contribution in [0.5, 0.6) is 23.0 Å². The van der Waals surface area contributed by atoms with Gasteiger partial charge in [0.2, 0.25) is 6.79 Å². The van der Waals surface area contributed by atoms with Crippen molar-refractivity contribution < 1.29 is 36.5 Å². The number of aliphatic imine (C=N–C) groups is 1. The molecule has 0 saturated heterocycles. The second-order valence-electron chi connectivity index (χ2n) is 6.32. The highest BCUT2D eigenvalue weighted by Gasteiger charge is 2.20. The van der Waals surface area contributed by atoms with Gasteiger partial charge < -0.3 is 29.6 Å². The topological polar surface area (TPSA) is 73.3 Å². The van der Waals surface area contributed by atoms with Crippen LogP contribution in [0.1, 0.15) is 11.1 Å². The van der Waals surface area contributed by atoms with Gasteiger partial charge in [-0.3, -0.25) is 4.99 Å². The molecule has 31 heavy (non-hydrogen) atoms. The standard InChI is InChI=1S/C20H21F4N3O4/c1-25-20(26-8-12-3-2-4-14(5-12)28-10-18(21)22)27-9-13-6-16-17(30-11-29-16)7-15(13)31-19(23)24/h2-7,18-19H,8-11H2,1H3,(H2,25,26,27). The number of guanidine groups is 1. The zero-order valence-corrected chi connectivity index (χ0v) is 16.5. The van der Waals surface area contributed by atoms with Crippen molar-refractivity contribution >= 4 is 5.96 Å². The summed E-state index contributed by atoms with van der Waals surface area (Å²) >= 11 is 0. The summed E-state index contributed by atoms with van der Waals surface area (Å²) in [7, 11) is 1.55. The molecule has 0 radical (unpaired) electrons. The van der Waals surface area contributed by atoms with E-state index in [0.29, 0.717) is 35.3 Å². The summed E-state index contributed by atoms with van der Waals surface area (Å²) in [6.07, 6.45) is -2.56. The molecule has 1 heterocycles. The molecule has 0 spiro atoms. The average molecular weight is 443 g/mol. The first-order valence-corrected chi connectivity index (χ1v) is 9.26. The molecule has 2 aromatic rings. The summed E-state index contributed by atoms with van der Waals surface area (Å²) in [4.78, 5) is 4.08. The Morgan fingerprint density at radius 1 is 1.06 bits per heavy atom. The Morgan fingerprint density at radius 3 is 2.52 bits per heavy atom. The number of fused-ring (bicyclic) bond motifs is 1. The molecule has 1 aliphatic rings. The molecule has 2 N–H and O–H groups in total. The molecule has 168 valence electrons. The summed E-state index contributed by atoms with van der Waals surface area (Å²) in [5.41, 5.74) is 1.20. The number of ether oxygens (including phenoxy) is 4. The number of rotatable bonds is 9. The largest absolute Gasteiger partial charge is 0.488 e. The molecule has 2 aromatic carbocycles. The van der Waals surface area contributed by atoms with Gasteiger partial charge in [0.25, 0.3) is 6.43 Å². The highest BCUT2D eigenvalue weighted by molar-refractivity contribution is 5.79. The number of benzene rings is 2. The van der Waals surface area contributed by atoms with Crippen LogP contribution in [0.4, 0.5) is 17.6 Å². The van der Waals surface area contributed by atoms with Crippen LogP contribution in [-0.2, 0) is 13.1 Å². The fraction of sp³-hybridized carbons (Fsp3) is 0.350. The molecule has 3 rings (SSSR count). The van der Waals surface area contributed by atoms with Crippen LogP contribution < -0.4 is 29.6 Å². The van der Waals surface area contributed by atoms with Crippen molar-refractivity contribution in [2.24, 2.45) is 4.99 Å².